The van der Waals surface area contributed by atoms with Crippen molar-refractivity contribution < 1.29 is 9.53 Å². The molecule has 5 nitrogen and oxygen atoms in total. The largest absolute Gasteiger partial charge is 0.461 e. The topological polar surface area (TPSA) is 70.1 Å². The first-order valence-electron chi connectivity index (χ1n) is 6.80. The van der Waals surface area contributed by atoms with E-state index in [2.05, 4.69) is 4.98 Å². The summed E-state index contributed by atoms with van der Waals surface area (Å²) in [4.78, 5) is 16.2. The molecule has 0 spiro atoms. The Morgan fingerprint density at radius 2 is 2.14 bits per heavy atom. The highest BCUT2D eigenvalue weighted by molar-refractivity contribution is 6.32. The normalized spacial score (nSPS) is 10.7. The number of nitrogens with two attached hydrogens (primary N) is 1. The molecule has 1 aromatic carbocycles. The van der Waals surface area contributed by atoms with Gasteiger partial charge in [0.2, 0.25) is 0 Å². The van der Waals surface area contributed by atoms with Gasteiger partial charge in [-0.3, -0.25) is 4.57 Å². The molecule has 0 radical (unpaired) electrons. The number of aryl methyl sites for hydroxylation is 2. The summed E-state index contributed by atoms with van der Waals surface area (Å²) in [6, 6.07) is 5.59. The van der Waals surface area contributed by atoms with Crippen molar-refractivity contribution in [3.63, 3.8) is 0 Å². The van der Waals surface area contributed by atoms with Gasteiger partial charge in [-0.2, -0.15) is 0 Å². The number of rotatable bonds is 4. The van der Waals surface area contributed by atoms with E-state index in [1.165, 1.54) is 0 Å². The number of hydrogen-bond donors (Lipinski definition) is 1. The number of carbonyl (C=O) groups excluding carboxylic acids is 1. The Balaban J connectivity index is 2.66. The Labute approximate surface area is 128 Å². The maximum atomic E-state index is 11.9. The number of nitrogen functional groups attached to an aromatic ring is 1. The highest BCUT2D eigenvalue weighted by Gasteiger charge is 2.23. The SMILES string of the molecule is CCOC(=O)c1nc(CC)n(-c2c(C)cccc2Cl)c1N. The van der Waals surface area contributed by atoms with E-state index >= 15 is 0 Å². The number of aromatic nitrogens is 2. The monoisotopic (exact) mass is 307 g/mol. The second-order valence-corrected chi connectivity index (χ2v) is 4.98. The minimum atomic E-state index is -0.520. The van der Waals surface area contributed by atoms with Crippen LogP contribution in [0.2, 0.25) is 5.02 Å². The van der Waals surface area contributed by atoms with Crippen molar-refractivity contribution in [2.45, 2.75) is 27.2 Å². The molecule has 2 rings (SSSR count). The van der Waals surface area contributed by atoms with Gasteiger partial charge in [0.05, 0.1) is 17.3 Å². The van der Waals surface area contributed by atoms with Crippen LogP contribution in [-0.2, 0) is 11.2 Å². The Morgan fingerprint density at radius 3 is 2.71 bits per heavy atom. The summed E-state index contributed by atoms with van der Waals surface area (Å²) in [5.74, 6) is 0.404. The average Bonchev–Trinajstić information content (AvgIpc) is 2.76. The lowest BCUT2D eigenvalue weighted by atomic mass is 10.2. The van der Waals surface area contributed by atoms with Crippen molar-refractivity contribution in [1.82, 2.24) is 9.55 Å². The number of para-hydroxylation sites is 1. The lowest BCUT2D eigenvalue weighted by molar-refractivity contribution is 0.0521. The third-order valence-electron chi connectivity index (χ3n) is 3.18. The minimum Gasteiger partial charge on any atom is -0.461 e. The van der Waals surface area contributed by atoms with Gasteiger partial charge in [-0.1, -0.05) is 30.7 Å². The smallest absolute Gasteiger partial charge is 0.360 e. The standard InChI is InChI=1S/C15H18ClN3O2/c1-4-11-18-12(15(20)21-5-2)14(17)19(11)13-9(3)7-6-8-10(13)16/h6-8H,4-5,17H2,1-3H3. The third kappa shape index (κ3) is 2.74. The van der Waals surface area contributed by atoms with E-state index in [9.17, 15) is 4.79 Å². The van der Waals surface area contributed by atoms with E-state index in [0.717, 1.165) is 11.3 Å². The van der Waals surface area contributed by atoms with Crippen LogP contribution in [0.3, 0.4) is 0 Å². The van der Waals surface area contributed by atoms with Crippen LogP contribution in [0.4, 0.5) is 5.82 Å². The summed E-state index contributed by atoms with van der Waals surface area (Å²) in [7, 11) is 0. The van der Waals surface area contributed by atoms with Crippen LogP contribution in [0.15, 0.2) is 18.2 Å². The van der Waals surface area contributed by atoms with Gasteiger partial charge in [0, 0.05) is 6.42 Å². The van der Waals surface area contributed by atoms with Gasteiger partial charge in [-0.15, -0.1) is 0 Å². The van der Waals surface area contributed by atoms with Crippen molar-refractivity contribution in [2.75, 3.05) is 12.3 Å². The predicted octanol–water partition coefficient (Wildman–Crippen LogP) is 3.16. The maximum Gasteiger partial charge on any atom is 0.360 e. The molecule has 0 aliphatic carbocycles. The maximum absolute atomic E-state index is 11.9. The first-order valence-corrected chi connectivity index (χ1v) is 7.18. The molecule has 0 aliphatic rings. The highest BCUT2D eigenvalue weighted by atomic mass is 35.5. The van der Waals surface area contributed by atoms with Crippen molar-refractivity contribution in [1.29, 1.82) is 0 Å². The molecule has 112 valence electrons. The molecule has 0 fully saturated rings. The number of benzene rings is 1. The predicted molar refractivity (Wildman–Crippen MR) is 83.1 cm³/mol. The molecule has 2 N–H and O–H groups in total. The molecule has 0 bridgehead atoms. The molecule has 1 heterocycles. The fourth-order valence-electron chi connectivity index (χ4n) is 2.22. The van der Waals surface area contributed by atoms with Crippen LogP contribution in [0.25, 0.3) is 5.69 Å². The van der Waals surface area contributed by atoms with Gasteiger partial charge in [-0.25, -0.2) is 9.78 Å². The molecular weight excluding hydrogens is 290 g/mol. The molecular formula is C15H18ClN3O2. The fraction of sp³-hybridized carbons (Fsp3) is 0.333. The van der Waals surface area contributed by atoms with Crippen molar-refractivity contribution in [3.05, 3.63) is 40.3 Å². The Morgan fingerprint density at radius 1 is 1.43 bits per heavy atom. The molecule has 6 heteroatoms. The molecule has 0 unspecified atom stereocenters. The van der Waals surface area contributed by atoms with Crippen LogP contribution < -0.4 is 5.73 Å². The van der Waals surface area contributed by atoms with Gasteiger partial charge in [0.15, 0.2) is 5.69 Å². The number of anilines is 1. The summed E-state index contributed by atoms with van der Waals surface area (Å²) in [5.41, 5.74) is 7.96. The second-order valence-electron chi connectivity index (χ2n) is 4.58. The van der Waals surface area contributed by atoms with E-state index in [1.54, 1.807) is 17.6 Å². The highest BCUT2D eigenvalue weighted by Crippen LogP contribution is 2.30. The van der Waals surface area contributed by atoms with E-state index in [-0.39, 0.29) is 18.1 Å². The zero-order valence-corrected chi connectivity index (χ0v) is 13.1. The third-order valence-corrected chi connectivity index (χ3v) is 3.48. The second kappa shape index (κ2) is 6.18. The molecule has 0 atom stereocenters. The molecule has 1 aromatic heterocycles. The van der Waals surface area contributed by atoms with E-state index < -0.39 is 5.97 Å². The van der Waals surface area contributed by atoms with Gasteiger partial charge in [0.25, 0.3) is 0 Å². The molecule has 2 aromatic rings. The van der Waals surface area contributed by atoms with Gasteiger partial charge >= 0.3 is 5.97 Å². The number of halogens is 1. The minimum absolute atomic E-state index is 0.132. The summed E-state index contributed by atoms with van der Waals surface area (Å²) in [6.07, 6.45) is 0.619. The molecule has 21 heavy (non-hydrogen) atoms. The average molecular weight is 308 g/mol. The summed E-state index contributed by atoms with van der Waals surface area (Å²) < 4.78 is 6.72. The first kappa shape index (κ1) is 15.4. The van der Waals surface area contributed by atoms with Gasteiger partial charge < -0.3 is 10.5 Å². The van der Waals surface area contributed by atoms with E-state index in [0.29, 0.717) is 17.3 Å². The lowest BCUT2D eigenvalue weighted by Gasteiger charge is -2.13. The zero-order valence-electron chi connectivity index (χ0n) is 12.3. The molecule has 0 amide bonds. The number of imidazole rings is 1. The first-order chi connectivity index (χ1) is 10.0. The lowest BCUT2D eigenvalue weighted by Crippen LogP contribution is -2.10. The summed E-state index contributed by atoms with van der Waals surface area (Å²) in [6.45, 7) is 5.89. The number of carbonyl (C=O) groups is 1. The summed E-state index contributed by atoms with van der Waals surface area (Å²) in [5, 5.41) is 0.559. The quantitative estimate of drug-likeness (QED) is 0.881. The Bertz CT molecular complexity index is 660. The van der Waals surface area contributed by atoms with Crippen LogP contribution in [0, 0.1) is 6.92 Å². The van der Waals surface area contributed by atoms with Gasteiger partial charge in [-0.05, 0) is 25.5 Å². The van der Waals surface area contributed by atoms with Crippen LogP contribution >= 0.6 is 11.6 Å². The fourth-order valence-corrected chi connectivity index (χ4v) is 2.53. The number of hydrogen-bond acceptors (Lipinski definition) is 4. The van der Waals surface area contributed by atoms with Crippen molar-refractivity contribution in [3.8, 4) is 5.69 Å². The Kier molecular flexibility index (Phi) is 4.53. The van der Waals surface area contributed by atoms with E-state index in [4.69, 9.17) is 22.1 Å². The molecule has 0 saturated carbocycles. The van der Waals surface area contributed by atoms with Crippen LogP contribution in [0.1, 0.15) is 35.7 Å². The molecule has 0 aliphatic heterocycles. The van der Waals surface area contributed by atoms with Crippen molar-refractivity contribution in [2.24, 2.45) is 0 Å². The number of esters is 1. The van der Waals surface area contributed by atoms with Crippen LogP contribution in [-0.4, -0.2) is 22.1 Å². The Hall–Kier alpha value is -2.01. The summed E-state index contributed by atoms with van der Waals surface area (Å²) >= 11 is 6.29. The van der Waals surface area contributed by atoms with Crippen LogP contribution in [0.5, 0.6) is 0 Å². The zero-order chi connectivity index (χ0) is 15.6. The number of ether oxygens (including phenoxy) is 1. The van der Waals surface area contributed by atoms with Gasteiger partial charge in [0.1, 0.15) is 11.6 Å². The van der Waals surface area contributed by atoms with Crippen molar-refractivity contribution >= 4 is 23.4 Å². The molecule has 0 saturated heterocycles. The number of nitrogens with zero attached hydrogens (tertiary/aromatic N) is 2. The van der Waals surface area contributed by atoms with E-state index in [1.807, 2.05) is 26.0 Å².